The summed E-state index contributed by atoms with van der Waals surface area (Å²) in [6, 6.07) is 1.98. The van der Waals surface area contributed by atoms with E-state index in [1.165, 1.54) is 51.4 Å². The van der Waals surface area contributed by atoms with Gasteiger partial charge in [-0.2, -0.15) is 0 Å². The molecule has 0 atom stereocenters. The highest BCUT2D eigenvalue weighted by Gasteiger charge is 2.27. The number of unbranched alkanes of at least 4 members (excludes halogenated alkanes) is 5. The average molecular weight is 326 g/mol. The van der Waals surface area contributed by atoms with Crippen LogP contribution in [-0.4, -0.2) is 16.5 Å². The van der Waals surface area contributed by atoms with E-state index >= 15 is 0 Å². The molecule has 4 heteroatoms. The summed E-state index contributed by atoms with van der Waals surface area (Å²) in [5, 5.41) is 3.42. The number of rotatable bonds is 9. The monoisotopic (exact) mass is 325 g/mol. The number of aromatic nitrogens is 2. The number of halogens is 1. The van der Waals surface area contributed by atoms with Crippen LogP contribution < -0.4 is 5.32 Å². The number of hydrogen-bond acceptors (Lipinski definition) is 3. The highest BCUT2D eigenvalue weighted by molar-refractivity contribution is 9.10. The van der Waals surface area contributed by atoms with Crippen LogP contribution in [0.15, 0.2) is 10.7 Å². The lowest BCUT2D eigenvalue weighted by molar-refractivity contribution is 0.616. The van der Waals surface area contributed by atoms with Crippen molar-refractivity contribution in [3.05, 3.63) is 16.5 Å². The molecule has 0 radical (unpaired) electrons. The minimum absolute atomic E-state index is 0.604. The van der Waals surface area contributed by atoms with Crippen LogP contribution in [0.3, 0.4) is 0 Å². The van der Waals surface area contributed by atoms with Gasteiger partial charge in [-0.15, -0.1) is 0 Å². The molecule has 0 saturated heterocycles. The smallest absolute Gasteiger partial charge is 0.135 e. The zero-order valence-electron chi connectivity index (χ0n) is 11.8. The Kier molecular flexibility index (Phi) is 6.08. The first-order valence-electron chi connectivity index (χ1n) is 7.58. The quantitative estimate of drug-likeness (QED) is 0.519. The minimum atomic E-state index is 0.604. The van der Waals surface area contributed by atoms with Gasteiger partial charge in [0.2, 0.25) is 0 Å². The second-order valence-corrected chi connectivity index (χ2v) is 6.22. The molecular weight excluding hydrogens is 302 g/mol. The topological polar surface area (TPSA) is 37.8 Å². The maximum absolute atomic E-state index is 4.59. The second kappa shape index (κ2) is 7.83. The fourth-order valence-electron chi connectivity index (χ4n) is 2.17. The maximum atomic E-state index is 4.59. The van der Waals surface area contributed by atoms with E-state index in [1.807, 2.05) is 6.07 Å². The van der Waals surface area contributed by atoms with Crippen LogP contribution in [0.4, 0.5) is 5.82 Å². The predicted octanol–water partition coefficient (Wildman–Crippen LogP) is 4.89. The molecule has 0 amide bonds. The van der Waals surface area contributed by atoms with Gasteiger partial charge in [-0.3, -0.25) is 0 Å². The normalized spacial score (nSPS) is 14.6. The van der Waals surface area contributed by atoms with Crippen molar-refractivity contribution in [3.63, 3.8) is 0 Å². The van der Waals surface area contributed by atoms with Crippen molar-refractivity contribution < 1.29 is 0 Å². The molecule has 1 aromatic heterocycles. The Hall–Kier alpha value is -0.640. The Balaban J connectivity index is 1.67. The summed E-state index contributed by atoms with van der Waals surface area (Å²) in [7, 11) is 0. The van der Waals surface area contributed by atoms with Gasteiger partial charge in [0, 0.05) is 18.5 Å². The van der Waals surface area contributed by atoms with Gasteiger partial charge in [-0.05, 0) is 35.2 Å². The van der Waals surface area contributed by atoms with Gasteiger partial charge in [-0.25, -0.2) is 9.97 Å². The van der Waals surface area contributed by atoms with E-state index < -0.39 is 0 Å². The van der Waals surface area contributed by atoms with Crippen molar-refractivity contribution in [2.45, 2.75) is 64.2 Å². The summed E-state index contributed by atoms with van der Waals surface area (Å²) in [6.45, 7) is 3.27. The van der Waals surface area contributed by atoms with Gasteiger partial charge in [0.25, 0.3) is 0 Å². The summed E-state index contributed by atoms with van der Waals surface area (Å²) >= 11 is 3.47. The van der Waals surface area contributed by atoms with Crippen LogP contribution in [0, 0.1) is 0 Å². The molecule has 1 saturated carbocycles. The van der Waals surface area contributed by atoms with E-state index in [4.69, 9.17) is 0 Å². The van der Waals surface area contributed by atoms with Gasteiger partial charge >= 0.3 is 0 Å². The summed E-state index contributed by atoms with van der Waals surface area (Å²) in [6.07, 6.45) is 10.4. The van der Waals surface area contributed by atoms with Gasteiger partial charge in [0.05, 0.1) is 0 Å². The molecule has 0 unspecified atom stereocenters. The van der Waals surface area contributed by atoms with E-state index in [2.05, 4.69) is 38.1 Å². The standard InChI is InChI=1S/C15H24BrN3/c1-2-3-4-5-6-7-10-17-14-11-13(16)18-15(19-14)12-8-9-12/h11-12H,2-10H2,1H3,(H,17,18,19). The first kappa shape index (κ1) is 14.8. The van der Waals surface area contributed by atoms with Crippen LogP contribution >= 0.6 is 15.9 Å². The molecule has 0 spiro atoms. The lowest BCUT2D eigenvalue weighted by atomic mass is 10.1. The molecule has 1 aromatic rings. The SMILES string of the molecule is CCCCCCCCNc1cc(Br)nc(C2CC2)n1. The van der Waals surface area contributed by atoms with E-state index in [1.54, 1.807) is 0 Å². The third-order valence-electron chi connectivity index (χ3n) is 3.49. The van der Waals surface area contributed by atoms with Crippen molar-refractivity contribution in [2.75, 3.05) is 11.9 Å². The molecule has 1 fully saturated rings. The fourth-order valence-corrected chi connectivity index (χ4v) is 2.57. The molecule has 1 heterocycles. The minimum Gasteiger partial charge on any atom is -0.370 e. The molecule has 1 aliphatic rings. The molecule has 2 rings (SSSR count). The molecule has 1 aliphatic carbocycles. The molecule has 0 bridgehead atoms. The highest BCUT2D eigenvalue weighted by Crippen LogP contribution is 2.38. The van der Waals surface area contributed by atoms with Gasteiger partial charge in [-0.1, -0.05) is 39.0 Å². The van der Waals surface area contributed by atoms with E-state index in [0.717, 1.165) is 22.8 Å². The molecule has 0 aromatic carbocycles. The first-order valence-corrected chi connectivity index (χ1v) is 8.37. The maximum Gasteiger partial charge on any atom is 0.135 e. The molecule has 19 heavy (non-hydrogen) atoms. The summed E-state index contributed by atoms with van der Waals surface area (Å²) < 4.78 is 0.898. The van der Waals surface area contributed by atoms with Crippen LogP contribution in [0.25, 0.3) is 0 Å². The van der Waals surface area contributed by atoms with Crippen molar-refractivity contribution in [2.24, 2.45) is 0 Å². The van der Waals surface area contributed by atoms with Crippen molar-refractivity contribution in [1.29, 1.82) is 0 Å². The number of nitrogens with zero attached hydrogens (tertiary/aromatic N) is 2. The predicted molar refractivity (Wildman–Crippen MR) is 83.6 cm³/mol. The van der Waals surface area contributed by atoms with Crippen molar-refractivity contribution in [1.82, 2.24) is 9.97 Å². The molecule has 3 nitrogen and oxygen atoms in total. The average Bonchev–Trinajstić information content (AvgIpc) is 3.21. The Morgan fingerprint density at radius 2 is 1.89 bits per heavy atom. The van der Waals surface area contributed by atoms with Gasteiger partial charge < -0.3 is 5.32 Å². The highest BCUT2D eigenvalue weighted by atomic mass is 79.9. The summed E-state index contributed by atoms with van der Waals surface area (Å²) in [5.74, 6) is 2.57. The van der Waals surface area contributed by atoms with Gasteiger partial charge in [0.1, 0.15) is 16.2 Å². The molecule has 106 valence electrons. The Bertz CT molecular complexity index is 391. The zero-order chi connectivity index (χ0) is 13.5. The van der Waals surface area contributed by atoms with Crippen LogP contribution in [0.2, 0.25) is 0 Å². The third kappa shape index (κ3) is 5.47. The van der Waals surface area contributed by atoms with Crippen LogP contribution in [0.5, 0.6) is 0 Å². The van der Waals surface area contributed by atoms with E-state index in [0.29, 0.717) is 5.92 Å². The Morgan fingerprint density at radius 1 is 1.16 bits per heavy atom. The second-order valence-electron chi connectivity index (χ2n) is 5.40. The van der Waals surface area contributed by atoms with Crippen LogP contribution in [-0.2, 0) is 0 Å². The first-order chi connectivity index (χ1) is 9.29. The van der Waals surface area contributed by atoms with E-state index in [-0.39, 0.29) is 0 Å². The summed E-state index contributed by atoms with van der Waals surface area (Å²) in [5.41, 5.74) is 0. The van der Waals surface area contributed by atoms with Crippen molar-refractivity contribution in [3.8, 4) is 0 Å². The van der Waals surface area contributed by atoms with Gasteiger partial charge in [0.15, 0.2) is 0 Å². The lowest BCUT2D eigenvalue weighted by Gasteiger charge is -2.07. The number of hydrogen-bond donors (Lipinski definition) is 1. The Morgan fingerprint density at radius 3 is 2.63 bits per heavy atom. The Labute approximate surface area is 124 Å². The van der Waals surface area contributed by atoms with E-state index in [9.17, 15) is 0 Å². The third-order valence-corrected chi connectivity index (χ3v) is 3.90. The van der Waals surface area contributed by atoms with Crippen LogP contribution in [0.1, 0.15) is 70.0 Å². The lowest BCUT2D eigenvalue weighted by Crippen LogP contribution is -2.05. The fraction of sp³-hybridized carbons (Fsp3) is 0.733. The zero-order valence-corrected chi connectivity index (χ0v) is 13.4. The van der Waals surface area contributed by atoms with Crippen molar-refractivity contribution >= 4 is 21.7 Å². The molecule has 0 aliphatic heterocycles. The summed E-state index contributed by atoms with van der Waals surface area (Å²) in [4.78, 5) is 9.03. The molecular formula is C15H24BrN3. The molecule has 1 N–H and O–H groups in total. The largest absolute Gasteiger partial charge is 0.370 e. The number of nitrogens with one attached hydrogen (secondary N) is 1. The number of anilines is 1.